The molecule has 1 aliphatic rings. The standard InChI is InChI=1S/C25H24N8O/c1-15-9-17(5-8-22(15)34-18-6-7-21-19(10-18)30-14-33(21)2)31-24-23-20(28-13-29-24)12-27-25(32-23)26-11-16-3-4-16/h5-10,12-14,16H,3-4,11H2,1-2H3,(H,26,27,32)(H,28,29,31). The molecule has 0 spiro atoms. The van der Waals surface area contributed by atoms with E-state index in [1.165, 1.54) is 19.2 Å². The van der Waals surface area contributed by atoms with Crippen molar-refractivity contribution in [1.82, 2.24) is 29.5 Å². The first kappa shape index (κ1) is 20.3. The number of ether oxygens (including phenoxy) is 1. The number of hydrogen-bond donors (Lipinski definition) is 2. The van der Waals surface area contributed by atoms with Gasteiger partial charge < -0.3 is 19.9 Å². The third-order valence-corrected chi connectivity index (χ3v) is 5.99. The van der Waals surface area contributed by atoms with E-state index in [1.807, 2.05) is 54.9 Å². The lowest BCUT2D eigenvalue weighted by Crippen LogP contribution is -2.07. The summed E-state index contributed by atoms with van der Waals surface area (Å²) in [6.07, 6.45) is 7.59. The zero-order valence-electron chi connectivity index (χ0n) is 19.0. The van der Waals surface area contributed by atoms with Crippen LogP contribution in [0.5, 0.6) is 11.5 Å². The van der Waals surface area contributed by atoms with Crippen molar-refractivity contribution in [3.63, 3.8) is 0 Å². The SMILES string of the molecule is Cc1cc(Nc2ncnc3cnc(NCC4CC4)nc23)ccc1Oc1ccc2c(c1)ncn2C. The van der Waals surface area contributed by atoms with Crippen molar-refractivity contribution in [2.45, 2.75) is 19.8 Å². The fraction of sp³-hybridized carbons (Fsp3) is 0.240. The maximum atomic E-state index is 6.14. The van der Waals surface area contributed by atoms with Gasteiger partial charge in [0.25, 0.3) is 0 Å². The number of aromatic nitrogens is 6. The molecule has 0 amide bonds. The van der Waals surface area contributed by atoms with Crippen molar-refractivity contribution in [2.75, 3.05) is 17.2 Å². The minimum atomic E-state index is 0.599. The summed E-state index contributed by atoms with van der Waals surface area (Å²) in [5, 5.41) is 6.69. The Balaban J connectivity index is 1.23. The predicted molar refractivity (Wildman–Crippen MR) is 132 cm³/mol. The van der Waals surface area contributed by atoms with Gasteiger partial charge in [-0.1, -0.05) is 0 Å². The molecule has 0 unspecified atom stereocenters. The molecule has 0 radical (unpaired) electrons. The fourth-order valence-electron chi connectivity index (χ4n) is 3.87. The summed E-state index contributed by atoms with van der Waals surface area (Å²) in [7, 11) is 1.98. The van der Waals surface area contributed by atoms with E-state index >= 15 is 0 Å². The van der Waals surface area contributed by atoms with Crippen molar-refractivity contribution in [3.05, 3.63) is 60.8 Å². The Kier molecular flexibility index (Phi) is 4.94. The van der Waals surface area contributed by atoms with E-state index in [1.54, 1.807) is 12.5 Å². The number of imidazole rings is 1. The molecule has 3 aromatic heterocycles. The van der Waals surface area contributed by atoms with Crippen LogP contribution in [-0.4, -0.2) is 36.0 Å². The normalized spacial score (nSPS) is 13.4. The lowest BCUT2D eigenvalue weighted by molar-refractivity contribution is 0.479. The molecule has 6 rings (SSSR count). The highest BCUT2D eigenvalue weighted by Crippen LogP contribution is 2.31. The van der Waals surface area contributed by atoms with Crippen LogP contribution in [0.4, 0.5) is 17.5 Å². The van der Waals surface area contributed by atoms with Gasteiger partial charge >= 0.3 is 0 Å². The molecule has 2 aromatic carbocycles. The maximum absolute atomic E-state index is 6.14. The van der Waals surface area contributed by atoms with E-state index in [9.17, 15) is 0 Å². The number of nitrogens with one attached hydrogen (secondary N) is 2. The number of nitrogens with zero attached hydrogens (tertiary/aromatic N) is 6. The van der Waals surface area contributed by atoms with Crippen molar-refractivity contribution >= 4 is 39.5 Å². The number of aryl methyl sites for hydroxylation is 2. The van der Waals surface area contributed by atoms with Crippen LogP contribution in [0.1, 0.15) is 18.4 Å². The summed E-state index contributed by atoms with van der Waals surface area (Å²) in [5.74, 6) is 3.50. The summed E-state index contributed by atoms with van der Waals surface area (Å²) in [6, 6.07) is 11.8. The predicted octanol–water partition coefficient (Wildman–Crippen LogP) is 4.97. The second-order valence-corrected chi connectivity index (χ2v) is 8.69. The van der Waals surface area contributed by atoms with Crippen LogP contribution in [-0.2, 0) is 7.05 Å². The van der Waals surface area contributed by atoms with Gasteiger partial charge in [-0.15, -0.1) is 0 Å². The first-order valence-electron chi connectivity index (χ1n) is 11.3. The summed E-state index contributed by atoms with van der Waals surface area (Å²) < 4.78 is 8.12. The zero-order valence-corrected chi connectivity index (χ0v) is 19.0. The highest BCUT2D eigenvalue weighted by atomic mass is 16.5. The average molecular weight is 453 g/mol. The first-order valence-corrected chi connectivity index (χ1v) is 11.3. The van der Waals surface area contributed by atoms with E-state index in [2.05, 4.69) is 35.6 Å². The molecule has 3 heterocycles. The smallest absolute Gasteiger partial charge is 0.223 e. The van der Waals surface area contributed by atoms with E-state index in [0.717, 1.165) is 46.2 Å². The van der Waals surface area contributed by atoms with Gasteiger partial charge in [-0.05, 0) is 61.6 Å². The van der Waals surface area contributed by atoms with Crippen molar-refractivity contribution < 1.29 is 4.74 Å². The van der Waals surface area contributed by atoms with Gasteiger partial charge in [0.1, 0.15) is 28.9 Å². The van der Waals surface area contributed by atoms with Gasteiger partial charge in [-0.25, -0.2) is 24.9 Å². The lowest BCUT2D eigenvalue weighted by atomic mass is 10.2. The molecule has 0 aliphatic heterocycles. The van der Waals surface area contributed by atoms with E-state index in [-0.39, 0.29) is 0 Å². The highest BCUT2D eigenvalue weighted by molar-refractivity contribution is 5.87. The monoisotopic (exact) mass is 452 g/mol. The number of rotatable bonds is 7. The van der Waals surface area contributed by atoms with Crippen LogP contribution in [0.2, 0.25) is 0 Å². The third kappa shape index (κ3) is 4.07. The molecular formula is C25H24N8O. The van der Waals surface area contributed by atoms with Crippen LogP contribution in [0.25, 0.3) is 22.1 Å². The van der Waals surface area contributed by atoms with Crippen LogP contribution in [0, 0.1) is 12.8 Å². The fourth-order valence-corrected chi connectivity index (χ4v) is 3.87. The molecule has 1 aliphatic carbocycles. The molecule has 2 N–H and O–H groups in total. The van der Waals surface area contributed by atoms with Gasteiger partial charge in [0.05, 0.1) is 23.6 Å². The maximum Gasteiger partial charge on any atom is 0.223 e. The Hall–Kier alpha value is -4.27. The number of benzene rings is 2. The highest BCUT2D eigenvalue weighted by Gasteiger charge is 2.21. The van der Waals surface area contributed by atoms with Gasteiger partial charge in [-0.3, -0.25) is 0 Å². The van der Waals surface area contributed by atoms with Crippen molar-refractivity contribution in [1.29, 1.82) is 0 Å². The van der Waals surface area contributed by atoms with Crippen molar-refractivity contribution in [3.8, 4) is 11.5 Å². The van der Waals surface area contributed by atoms with Gasteiger partial charge in [0.15, 0.2) is 5.82 Å². The Morgan fingerprint density at radius 1 is 1.03 bits per heavy atom. The zero-order chi connectivity index (χ0) is 23.1. The number of hydrogen-bond acceptors (Lipinski definition) is 8. The topological polar surface area (TPSA) is 103 Å². The lowest BCUT2D eigenvalue weighted by Gasteiger charge is -2.12. The number of fused-ring (bicyclic) bond motifs is 2. The van der Waals surface area contributed by atoms with Crippen LogP contribution < -0.4 is 15.4 Å². The second-order valence-electron chi connectivity index (χ2n) is 8.69. The van der Waals surface area contributed by atoms with E-state index in [0.29, 0.717) is 22.8 Å². The molecule has 1 fully saturated rings. The molecule has 9 heteroatoms. The molecule has 0 bridgehead atoms. The number of anilines is 3. The van der Waals surface area contributed by atoms with Gasteiger partial charge in [0, 0.05) is 25.3 Å². The minimum Gasteiger partial charge on any atom is -0.457 e. The molecule has 9 nitrogen and oxygen atoms in total. The summed E-state index contributed by atoms with van der Waals surface area (Å²) in [4.78, 5) is 22.2. The third-order valence-electron chi connectivity index (χ3n) is 5.99. The van der Waals surface area contributed by atoms with Crippen LogP contribution >= 0.6 is 0 Å². The largest absolute Gasteiger partial charge is 0.457 e. The van der Waals surface area contributed by atoms with Crippen LogP contribution in [0.3, 0.4) is 0 Å². The molecule has 0 atom stereocenters. The molecule has 1 saturated carbocycles. The summed E-state index contributed by atoms with van der Waals surface area (Å²) in [5.41, 5.74) is 5.21. The Bertz CT molecular complexity index is 1510. The Morgan fingerprint density at radius 2 is 1.94 bits per heavy atom. The van der Waals surface area contributed by atoms with Crippen molar-refractivity contribution in [2.24, 2.45) is 13.0 Å². The molecule has 34 heavy (non-hydrogen) atoms. The second kappa shape index (κ2) is 8.26. The quantitative estimate of drug-likeness (QED) is 0.357. The molecular weight excluding hydrogens is 428 g/mol. The van der Waals surface area contributed by atoms with Crippen LogP contribution in [0.15, 0.2) is 55.2 Å². The molecule has 0 saturated heterocycles. The molecule has 5 aromatic rings. The Labute approximate surface area is 196 Å². The summed E-state index contributed by atoms with van der Waals surface area (Å²) in [6.45, 7) is 2.91. The summed E-state index contributed by atoms with van der Waals surface area (Å²) >= 11 is 0. The Morgan fingerprint density at radius 3 is 2.79 bits per heavy atom. The average Bonchev–Trinajstić information content (AvgIpc) is 3.61. The minimum absolute atomic E-state index is 0.599. The molecule has 170 valence electrons. The van der Waals surface area contributed by atoms with Gasteiger partial charge in [0.2, 0.25) is 5.95 Å². The van der Waals surface area contributed by atoms with Gasteiger partial charge in [-0.2, -0.15) is 0 Å². The first-order chi connectivity index (χ1) is 16.6. The van der Waals surface area contributed by atoms with E-state index < -0.39 is 0 Å². The van der Waals surface area contributed by atoms with E-state index in [4.69, 9.17) is 4.74 Å².